The highest BCUT2D eigenvalue weighted by atomic mass is 16.4. The number of aromatic hydroxyl groups is 1. The zero-order valence-corrected chi connectivity index (χ0v) is 35.6. The lowest BCUT2D eigenvalue weighted by molar-refractivity contribution is -0.142. The van der Waals surface area contributed by atoms with Crippen LogP contribution in [-0.4, -0.2) is 117 Å². The van der Waals surface area contributed by atoms with Crippen LogP contribution in [0.4, 0.5) is 0 Å². The summed E-state index contributed by atoms with van der Waals surface area (Å²) >= 11 is 0. The van der Waals surface area contributed by atoms with Crippen LogP contribution in [0, 0.1) is 6.92 Å². The van der Waals surface area contributed by atoms with Crippen LogP contribution >= 0.6 is 0 Å². The Morgan fingerprint density at radius 2 is 1.19 bits per heavy atom. The molecule has 12 N–H and O–H groups in total. The third kappa shape index (κ3) is 27.6. The number of aliphatic carboxylic acids is 4. The number of phenolic OH excluding ortho intramolecular Hbond substituents is 1. The Hall–Kier alpha value is -7.06. The average Bonchev–Trinajstić information content (AvgIpc) is 3.24. The van der Waals surface area contributed by atoms with Crippen LogP contribution in [0.25, 0.3) is 0 Å². The van der Waals surface area contributed by atoms with Crippen molar-refractivity contribution < 1.29 is 73.5 Å². The summed E-state index contributed by atoms with van der Waals surface area (Å²) in [5.41, 5.74) is 6.93. The van der Waals surface area contributed by atoms with Crippen LogP contribution in [0.3, 0.4) is 0 Å². The van der Waals surface area contributed by atoms with Gasteiger partial charge in [0, 0.05) is 43.4 Å². The number of amides is 6. The van der Waals surface area contributed by atoms with E-state index < -0.39 is 85.0 Å². The number of nitrogens with two attached hydrogens (primary N) is 1. The molecule has 2 atom stereocenters. The molecular weight excluding hydrogens is 816 g/mol. The maximum atomic E-state index is 12.7. The van der Waals surface area contributed by atoms with Crippen molar-refractivity contribution in [1.29, 1.82) is 0 Å². The maximum Gasteiger partial charge on any atom is 0.326 e. The second-order valence-electron chi connectivity index (χ2n) is 12.8. The number of unbranched alkanes of at least 4 members (excludes halogenated alkanes) is 1. The Morgan fingerprint density at radius 1 is 0.645 bits per heavy atom. The molecule has 0 spiro atoms. The summed E-state index contributed by atoms with van der Waals surface area (Å²) in [5, 5.41) is 55.5. The number of aryl methyl sites for hydroxylation is 2. The van der Waals surface area contributed by atoms with Gasteiger partial charge in [0.15, 0.2) is 0 Å². The van der Waals surface area contributed by atoms with Gasteiger partial charge in [0.1, 0.15) is 17.8 Å². The van der Waals surface area contributed by atoms with E-state index >= 15 is 0 Å². The van der Waals surface area contributed by atoms with Crippen molar-refractivity contribution in [3.8, 4) is 5.75 Å². The fourth-order valence-electron chi connectivity index (χ4n) is 4.57. The van der Waals surface area contributed by atoms with Gasteiger partial charge in [-0.05, 0) is 74.4 Å². The van der Waals surface area contributed by atoms with Crippen LogP contribution in [0.2, 0.25) is 0 Å². The van der Waals surface area contributed by atoms with Gasteiger partial charge in [-0.3, -0.25) is 43.2 Å². The molecule has 2 unspecified atom stereocenters. The number of hydrogen-bond donors (Lipinski definition) is 11. The van der Waals surface area contributed by atoms with Gasteiger partial charge in [-0.15, -0.1) is 0 Å². The molecule has 344 valence electrons. The summed E-state index contributed by atoms with van der Waals surface area (Å²) in [4.78, 5) is 115. The minimum absolute atomic E-state index is 0.0352. The van der Waals surface area contributed by atoms with E-state index in [4.69, 9.17) is 21.1 Å². The predicted octanol–water partition coefficient (Wildman–Crippen LogP) is 1.47. The molecule has 21 heteroatoms. The van der Waals surface area contributed by atoms with Crippen molar-refractivity contribution in [2.45, 2.75) is 104 Å². The predicted molar refractivity (Wildman–Crippen MR) is 224 cm³/mol. The maximum absolute atomic E-state index is 12.7. The number of primary amides is 1. The standard InChI is InChI=1S/C33H42N6O11.2C3H6O2.C2H6/c1-19-15-20(8-11-25(19)40)9-12-26(41)35-14-3-2-7-24(33(49)50)39-28(43)18-37-32(48)23(10-13-29(44)45)38-27(42)17-36-31(47)22-6-4-5-21(16-22)30(34)46;2*1-2-3(4)5;1-2/h4-6,8,11,15-16,23-24,40H,2-3,7,9-10,12-14,17-18H2,1H3,(H2,34,46)(H,35,41)(H,36,47)(H,37,48)(H,38,42)(H,39,43)(H,44,45)(H,49,50);2*2H2,1H3,(H,4,5);1-2H3. The molecule has 0 heterocycles. The monoisotopic (exact) mass is 876 g/mol. The molecule has 0 aromatic heterocycles. The van der Waals surface area contributed by atoms with Gasteiger partial charge < -0.3 is 57.9 Å². The Morgan fingerprint density at radius 3 is 1.71 bits per heavy atom. The van der Waals surface area contributed by atoms with E-state index in [1.165, 1.54) is 24.3 Å². The number of phenols is 1. The first-order valence-electron chi connectivity index (χ1n) is 19.7. The second kappa shape index (κ2) is 32.8. The Bertz CT molecular complexity index is 1800. The van der Waals surface area contributed by atoms with Crippen molar-refractivity contribution in [3.63, 3.8) is 0 Å². The smallest absolute Gasteiger partial charge is 0.326 e. The topological polar surface area (TPSA) is 358 Å². The molecule has 0 fully saturated rings. The minimum atomic E-state index is -1.41. The average molecular weight is 877 g/mol. The number of benzene rings is 2. The number of rotatable bonds is 23. The molecule has 2 rings (SSSR count). The first kappa shape index (κ1) is 57.0. The molecule has 0 aliphatic rings. The molecule has 0 aliphatic carbocycles. The van der Waals surface area contributed by atoms with Gasteiger partial charge in [0.25, 0.3) is 5.91 Å². The summed E-state index contributed by atoms with van der Waals surface area (Å²) in [6.45, 7) is 7.96. The molecule has 0 bridgehead atoms. The molecule has 2 aromatic carbocycles. The van der Waals surface area contributed by atoms with Gasteiger partial charge in [-0.1, -0.05) is 45.9 Å². The normalized spacial score (nSPS) is 10.7. The van der Waals surface area contributed by atoms with Gasteiger partial charge in [0.05, 0.1) is 13.1 Å². The lowest BCUT2D eigenvalue weighted by Crippen LogP contribution is -2.52. The lowest BCUT2D eigenvalue weighted by Gasteiger charge is -2.19. The fourth-order valence-corrected chi connectivity index (χ4v) is 4.57. The molecule has 0 aliphatic heterocycles. The molecule has 62 heavy (non-hydrogen) atoms. The second-order valence-corrected chi connectivity index (χ2v) is 12.8. The Labute approximate surface area is 359 Å². The highest BCUT2D eigenvalue weighted by molar-refractivity contribution is 6.00. The number of carboxylic acids is 4. The van der Waals surface area contributed by atoms with E-state index in [1.54, 1.807) is 39.0 Å². The molecule has 21 nitrogen and oxygen atoms in total. The van der Waals surface area contributed by atoms with Crippen molar-refractivity contribution in [1.82, 2.24) is 26.6 Å². The van der Waals surface area contributed by atoms with E-state index in [0.29, 0.717) is 31.4 Å². The number of nitrogens with one attached hydrogen (secondary N) is 5. The molecule has 2 aromatic rings. The number of carbonyl (C=O) groups excluding carboxylic acids is 6. The number of hydrogen-bond acceptors (Lipinski definition) is 11. The van der Waals surface area contributed by atoms with E-state index in [0.717, 1.165) is 5.56 Å². The third-order valence-corrected chi connectivity index (χ3v) is 7.92. The van der Waals surface area contributed by atoms with Crippen LogP contribution in [0.1, 0.15) is 111 Å². The summed E-state index contributed by atoms with van der Waals surface area (Å²) in [5.74, 6) is -8.18. The van der Waals surface area contributed by atoms with Gasteiger partial charge >= 0.3 is 23.9 Å². The molecule has 0 saturated carbocycles. The molecule has 0 radical (unpaired) electrons. The molecule has 0 saturated heterocycles. The molecule has 6 amide bonds. The molecular formula is C41H60N6O15. The number of carboxylic acid groups (broad SMARTS) is 4. The van der Waals surface area contributed by atoms with Gasteiger partial charge in [0.2, 0.25) is 29.5 Å². The van der Waals surface area contributed by atoms with Gasteiger partial charge in [-0.25, -0.2) is 4.79 Å². The van der Waals surface area contributed by atoms with Crippen LogP contribution in [0.5, 0.6) is 5.75 Å². The minimum Gasteiger partial charge on any atom is -0.508 e. The van der Waals surface area contributed by atoms with E-state index in [-0.39, 0.29) is 54.9 Å². The first-order valence-corrected chi connectivity index (χ1v) is 19.7. The SMILES string of the molecule is CC.CCC(=O)O.CCC(=O)O.Cc1cc(CCC(=O)NCCCCC(NC(=O)CNC(=O)C(CCC(=O)O)NC(=O)CNC(=O)c2cccc(C(N)=O)c2)C(=O)O)ccc1O. The van der Waals surface area contributed by atoms with Crippen LogP contribution in [-0.2, 0) is 44.8 Å². The van der Waals surface area contributed by atoms with Gasteiger partial charge in [-0.2, -0.15) is 0 Å². The van der Waals surface area contributed by atoms with E-state index in [2.05, 4.69) is 26.6 Å². The third-order valence-electron chi connectivity index (χ3n) is 7.92. The fraction of sp³-hybridized carbons (Fsp3) is 0.463. The lowest BCUT2D eigenvalue weighted by atomic mass is 10.1. The van der Waals surface area contributed by atoms with Crippen molar-refractivity contribution in [3.05, 3.63) is 64.7 Å². The van der Waals surface area contributed by atoms with Crippen molar-refractivity contribution in [2.24, 2.45) is 5.73 Å². The Balaban J connectivity index is 0. The summed E-state index contributed by atoms with van der Waals surface area (Å²) < 4.78 is 0. The zero-order chi connectivity index (χ0) is 47.8. The van der Waals surface area contributed by atoms with Crippen molar-refractivity contribution in [2.75, 3.05) is 19.6 Å². The highest BCUT2D eigenvalue weighted by Gasteiger charge is 2.24. The quantitative estimate of drug-likeness (QED) is 0.0704. The summed E-state index contributed by atoms with van der Waals surface area (Å²) in [6.07, 6.45) is 1.11. The van der Waals surface area contributed by atoms with E-state index in [1.807, 2.05) is 13.8 Å². The van der Waals surface area contributed by atoms with E-state index in [9.17, 15) is 58.2 Å². The summed E-state index contributed by atoms with van der Waals surface area (Å²) in [7, 11) is 0. The van der Waals surface area contributed by atoms with Crippen molar-refractivity contribution >= 4 is 59.3 Å². The Kier molecular flexibility index (Phi) is 30.1. The largest absolute Gasteiger partial charge is 0.508 e. The van der Waals surface area contributed by atoms with Crippen LogP contribution < -0.4 is 32.3 Å². The highest BCUT2D eigenvalue weighted by Crippen LogP contribution is 2.17. The van der Waals surface area contributed by atoms with Crippen LogP contribution in [0.15, 0.2) is 42.5 Å². The number of carbonyl (C=O) groups is 10. The first-order chi connectivity index (χ1) is 29.2. The zero-order valence-electron chi connectivity index (χ0n) is 35.6. The summed E-state index contributed by atoms with van der Waals surface area (Å²) in [6, 6.07) is 7.83.